The second-order valence-electron chi connectivity index (χ2n) is 4.73. The van der Waals surface area contributed by atoms with Crippen LogP contribution in [0.2, 0.25) is 0 Å². The van der Waals surface area contributed by atoms with Crippen molar-refractivity contribution < 1.29 is 9.84 Å². The Bertz CT molecular complexity index is 574. The SMILES string of the molecule is COc1ccccc1Cn1nc(C)c(C(C)O)c1C. The van der Waals surface area contributed by atoms with E-state index in [0.717, 1.165) is 28.3 Å². The van der Waals surface area contributed by atoms with Crippen LogP contribution in [-0.4, -0.2) is 22.0 Å². The first-order valence-corrected chi connectivity index (χ1v) is 6.38. The zero-order valence-electron chi connectivity index (χ0n) is 11.8. The topological polar surface area (TPSA) is 47.3 Å². The van der Waals surface area contributed by atoms with Crippen molar-refractivity contribution in [2.75, 3.05) is 7.11 Å². The van der Waals surface area contributed by atoms with E-state index in [9.17, 15) is 5.11 Å². The third kappa shape index (κ3) is 2.63. The summed E-state index contributed by atoms with van der Waals surface area (Å²) in [7, 11) is 1.67. The van der Waals surface area contributed by atoms with Gasteiger partial charge in [-0.05, 0) is 26.8 Å². The van der Waals surface area contributed by atoms with Gasteiger partial charge in [-0.2, -0.15) is 5.10 Å². The van der Waals surface area contributed by atoms with Gasteiger partial charge in [0.1, 0.15) is 5.75 Å². The van der Waals surface area contributed by atoms with Crippen LogP contribution in [0.5, 0.6) is 5.75 Å². The van der Waals surface area contributed by atoms with Crippen molar-refractivity contribution in [3.8, 4) is 5.75 Å². The number of hydrogen-bond donors (Lipinski definition) is 1. The molecule has 2 rings (SSSR count). The lowest BCUT2D eigenvalue weighted by Gasteiger charge is -2.10. The highest BCUT2D eigenvalue weighted by atomic mass is 16.5. The first-order valence-electron chi connectivity index (χ1n) is 6.38. The van der Waals surface area contributed by atoms with Gasteiger partial charge >= 0.3 is 0 Å². The molecule has 4 heteroatoms. The number of hydrogen-bond acceptors (Lipinski definition) is 3. The van der Waals surface area contributed by atoms with E-state index >= 15 is 0 Å². The van der Waals surface area contributed by atoms with Crippen LogP contribution in [0.4, 0.5) is 0 Å². The first kappa shape index (κ1) is 13.6. The molecule has 2 aromatic rings. The lowest BCUT2D eigenvalue weighted by molar-refractivity contribution is 0.197. The molecule has 0 fully saturated rings. The maximum atomic E-state index is 9.79. The number of aliphatic hydroxyl groups is 1. The Morgan fingerprint density at radius 2 is 2.00 bits per heavy atom. The Hall–Kier alpha value is -1.81. The van der Waals surface area contributed by atoms with Gasteiger partial charge in [-0.3, -0.25) is 4.68 Å². The Morgan fingerprint density at radius 1 is 1.32 bits per heavy atom. The molecule has 4 nitrogen and oxygen atoms in total. The molecule has 1 aromatic carbocycles. The highest BCUT2D eigenvalue weighted by Gasteiger charge is 2.16. The number of ether oxygens (including phenoxy) is 1. The molecule has 0 saturated carbocycles. The summed E-state index contributed by atoms with van der Waals surface area (Å²) in [5, 5.41) is 14.3. The highest BCUT2D eigenvalue weighted by Crippen LogP contribution is 2.24. The number of aliphatic hydroxyl groups excluding tert-OH is 1. The normalized spacial score (nSPS) is 12.5. The van der Waals surface area contributed by atoms with E-state index < -0.39 is 6.10 Å². The molecule has 0 spiro atoms. The summed E-state index contributed by atoms with van der Waals surface area (Å²) < 4.78 is 7.26. The largest absolute Gasteiger partial charge is 0.496 e. The Balaban J connectivity index is 2.36. The molecule has 0 bridgehead atoms. The predicted molar refractivity (Wildman–Crippen MR) is 74.4 cm³/mol. The molecule has 0 saturated heterocycles. The molecule has 0 aliphatic rings. The van der Waals surface area contributed by atoms with Gasteiger partial charge in [-0.25, -0.2) is 0 Å². The minimum atomic E-state index is -0.494. The average molecular weight is 260 g/mol. The van der Waals surface area contributed by atoms with Crippen molar-refractivity contribution in [2.45, 2.75) is 33.4 Å². The van der Waals surface area contributed by atoms with Gasteiger partial charge in [0.15, 0.2) is 0 Å². The van der Waals surface area contributed by atoms with E-state index in [1.807, 2.05) is 42.8 Å². The Kier molecular flexibility index (Phi) is 3.90. The number of methoxy groups -OCH3 is 1. The number of aromatic nitrogens is 2. The maximum Gasteiger partial charge on any atom is 0.123 e. The summed E-state index contributed by atoms with van der Waals surface area (Å²) in [6.45, 7) is 6.32. The van der Waals surface area contributed by atoms with Gasteiger partial charge in [-0.1, -0.05) is 18.2 Å². The molecular formula is C15H20N2O2. The molecule has 19 heavy (non-hydrogen) atoms. The number of nitrogens with zero attached hydrogens (tertiary/aromatic N) is 2. The van der Waals surface area contributed by atoms with Crippen LogP contribution in [0.25, 0.3) is 0 Å². The van der Waals surface area contributed by atoms with Crippen LogP contribution >= 0.6 is 0 Å². The van der Waals surface area contributed by atoms with Crippen LogP contribution in [0.3, 0.4) is 0 Å². The summed E-state index contributed by atoms with van der Waals surface area (Å²) in [4.78, 5) is 0. The maximum absolute atomic E-state index is 9.79. The average Bonchev–Trinajstić information content (AvgIpc) is 2.65. The fourth-order valence-electron chi connectivity index (χ4n) is 2.46. The molecular weight excluding hydrogens is 240 g/mol. The van der Waals surface area contributed by atoms with Crippen molar-refractivity contribution in [1.29, 1.82) is 0 Å². The predicted octanol–water partition coefficient (Wildman–Crippen LogP) is 2.61. The van der Waals surface area contributed by atoms with Crippen molar-refractivity contribution in [1.82, 2.24) is 9.78 Å². The van der Waals surface area contributed by atoms with E-state index in [-0.39, 0.29) is 0 Å². The summed E-state index contributed by atoms with van der Waals surface area (Å²) in [5.41, 5.74) is 3.86. The second-order valence-corrected chi connectivity index (χ2v) is 4.73. The third-order valence-electron chi connectivity index (χ3n) is 3.37. The first-order chi connectivity index (χ1) is 9.04. The molecule has 0 radical (unpaired) electrons. The molecule has 0 amide bonds. The zero-order chi connectivity index (χ0) is 14.0. The molecule has 102 valence electrons. The van der Waals surface area contributed by atoms with Gasteiger partial charge in [-0.15, -0.1) is 0 Å². The number of aryl methyl sites for hydroxylation is 1. The van der Waals surface area contributed by atoms with Crippen LogP contribution < -0.4 is 4.74 Å². The van der Waals surface area contributed by atoms with Crippen molar-refractivity contribution >= 4 is 0 Å². The molecule has 1 N–H and O–H groups in total. The minimum absolute atomic E-state index is 0.494. The molecule has 1 unspecified atom stereocenters. The van der Waals surface area contributed by atoms with Crippen LogP contribution in [0.1, 0.15) is 35.5 Å². The summed E-state index contributed by atoms with van der Waals surface area (Å²) in [6.07, 6.45) is -0.494. The standard InChI is InChI=1S/C15H20N2O2/c1-10-15(12(3)18)11(2)17(16-10)9-13-7-5-6-8-14(13)19-4/h5-8,12,18H,9H2,1-4H3. The second kappa shape index (κ2) is 5.45. The fourth-order valence-corrected chi connectivity index (χ4v) is 2.46. The van der Waals surface area contributed by atoms with E-state index in [1.54, 1.807) is 14.0 Å². The van der Waals surface area contributed by atoms with Gasteiger partial charge < -0.3 is 9.84 Å². The van der Waals surface area contributed by atoms with Crippen molar-refractivity contribution in [3.63, 3.8) is 0 Å². The van der Waals surface area contributed by atoms with Gasteiger partial charge in [0.05, 0.1) is 25.5 Å². The van der Waals surface area contributed by atoms with Crippen LogP contribution in [0, 0.1) is 13.8 Å². The van der Waals surface area contributed by atoms with Crippen LogP contribution in [0.15, 0.2) is 24.3 Å². The minimum Gasteiger partial charge on any atom is -0.496 e. The molecule has 1 aromatic heterocycles. The summed E-state index contributed by atoms with van der Waals surface area (Å²) >= 11 is 0. The van der Waals surface area contributed by atoms with Gasteiger partial charge in [0.2, 0.25) is 0 Å². The third-order valence-corrected chi connectivity index (χ3v) is 3.37. The summed E-state index contributed by atoms with van der Waals surface area (Å²) in [6, 6.07) is 7.90. The summed E-state index contributed by atoms with van der Waals surface area (Å²) in [5.74, 6) is 0.855. The lowest BCUT2D eigenvalue weighted by Crippen LogP contribution is -2.06. The quantitative estimate of drug-likeness (QED) is 0.919. The molecule has 1 atom stereocenters. The smallest absolute Gasteiger partial charge is 0.123 e. The van der Waals surface area contributed by atoms with E-state index in [4.69, 9.17) is 4.74 Å². The van der Waals surface area contributed by atoms with E-state index in [0.29, 0.717) is 6.54 Å². The number of para-hydroxylation sites is 1. The van der Waals surface area contributed by atoms with Crippen molar-refractivity contribution in [2.24, 2.45) is 0 Å². The van der Waals surface area contributed by atoms with E-state index in [2.05, 4.69) is 5.10 Å². The van der Waals surface area contributed by atoms with E-state index in [1.165, 1.54) is 0 Å². The lowest BCUT2D eigenvalue weighted by atomic mass is 10.1. The highest BCUT2D eigenvalue weighted by molar-refractivity contribution is 5.34. The Labute approximate surface area is 113 Å². The van der Waals surface area contributed by atoms with Crippen LogP contribution in [-0.2, 0) is 6.54 Å². The monoisotopic (exact) mass is 260 g/mol. The van der Waals surface area contributed by atoms with Gasteiger partial charge in [0, 0.05) is 16.8 Å². The molecule has 0 aliphatic heterocycles. The van der Waals surface area contributed by atoms with Gasteiger partial charge in [0.25, 0.3) is 0 Å². The number of benzene rings is 1. The molecule has 1 heterocycles. The number of rotatable bonds is 4. The van der Waals surface area contributed by atoms with Crippen molar-refractivity contribution in [3.05, 3.63) is 46.8 Å². The molecule has 0 aliphatic carbocycles. The fraction of sp³-hybridized carbons (Fsp3) is 0.400. The Morgan fingerprint density at radius 3 is 2.58 bits per heavy atom. The zero-order valence-corrected chi connectivity index (χ0v) is 11.8.